The van der Waals surface area contributed by atoms with Crippen LogP contribution in [0.2, 0.25) is 0 Å². The third-order valence-electron chi connectivity index (χ3n) is 6.84. The second-order valence-corrected chi connectivity index (χ2v) is 9.75. The fourth-order valence-corrected chi connectivity index (χ4v) is 4.84. The van der Waals surface area contributed by atoms with Gasteiger partial charge in [0.1, 0.15) is 11.9 Å². The summed E-state index contributed by atoms with van der Waals surface area (Å²) < 4.78 is 6.00. The summed E-state index contributed by atoms with van der Waals surface area (Å²) in [6.45, 7) is 6.49. The predicted octanol–water partition coefficient (Wildman–Crippen LogP) is 5.68. The zero-order valence-corrected chi connectivity index (χ0v) is 20.4. The van der Waals surface area contributed by atoms with Gasteiger partial charge in [0.2, 0.25) is 0 Å². The highest BCUT2D eigenvalue weighted by molar-refractivity contribution is 6.43. The van der Waals surface area contributed by atoms with Crippen molar-refractivity contribution >= 4 is 28.4 Å². The van der Waals surface area contributed by atoms with Crippen LogP contribution in [-0.2, 0) is 9.53 Å². The lowest BCUT2D eigenvalue weighted by Gasteiger charge is -2.36. The van der Waals surface area contributed by atoms with Gasteiger partial charge in [-0.25, -0.2) is 10.2 Å². The number of aromatic hydroxyl groups is 1. The molecule has 6 heteroatoms. The van der Waals surface area contributed by atoms with E-state index in [1.165, 1.54) is 6.07 Å². The quantitative estimate of drug-likeness (QED) is 0.274. The van der Waals surface area contributed by atoms with Crippen LogP contribution in [0.15, 0.2) is 71.8 Å². The standard InChI is InChI=1S/C29H32N2O4/c1-18(2)23-14-13-19(3)15-26(23)35-29(34)27(20-9-5-4-6-10-20)30-31-28(33)24-16-21-11-7-8-12-22(21)17-25(24)32/h4-12,16-19,23,26,32H,13-15H2,1-3H3,(H,31,33)/t19-,23-,26+/m1/s1. The van der Waals surface area contributed by atoms with E-state index in [1.807, 2.05) is 30.3 Å². The summed E-state index contributed by atoms with van der Waals surface area (Å²) in [7, 11) is 0. The molecule has 3 aromatic carbocycles. The highest BCUT2D eigenvalue weighted by Gasteiger charge is 2.34. The Bertz CT molecular complexity index is 1240. The lowest BCUT2D eigenvalue weighted by molar-refractivity contribution is -0.147. The smallest absolute Gasteiger partial charge is 0.359 e. The Labute approximate surface area is 206 Å². The van der Waals surface area contributed by atoms with E-state index in [0.29, 0.717) is 17.4 Å². The number of carbonyl (C=O) groups is 2. The largest absolute Gasteiger partial charge is 0.507 e. The minimum Gasteiger partial charge on any atom is -0.507 e. The molecular formula is C29H32N2O4. The van der Waals surface area contributed by atoms with Crippen molar-refractivity contribution in [2.75, 3.05) is 0 Å². The topological polar surface area (TPSA) is 88.0 Å². The number of rotatable bonds is 6. The van der Waals surface area contributed by atoms with Gasteiger partial charge >= 0.3 is 5.97 Å². The van der Waals surface area contributed by atoms with Crippen LogP contribution in [-0.4, -0.2) is 28.8 Å². The molecule has 4 rings (SSSR count). The van der Waals surface area contributed by atoms with Gasteiger partial charge in [-0.05, 0) is 53.5 Å². The van der Waals surface area contributed by atoms with Crippen molar-refractivity contribution in [1.82, 2.24) is 5.43 Å². The molecule has 1 amide bonds. The van der Waals surface area contributed by atoms with E-state index in [1.54, 1.807) is 30.3 Å². The number of fused-ring (bicyclic) bond motifs is 1. The number of benzene rings is 3. The van der Waals surface area contributed by atoms with E-state index in [2.05, 4.69) is 31.3 Å². The van der Waals surface area contributed by atoms with Crippen LogP contribution in [0.5, 0.6) is 5.75 Å². The number of ether oxygens (including phenoxy) is 1. The molecule has 0 unspecified atom stereocenters. The maximum atomic E-state index is 13.3. The zero-order valence-electron chi connectivity index (χ0n) is 20.4. The third kappa shape index (κ3) is 5.70. The van der Waals surface area contributed by atoms with Crippen LogP contribution < -0.4 is 5.43 Å². The van der Waals surface area contributed by atoms with Gasteiger partial charge in [-0.15, -0.1) is 0 Å². The zero-order chi connectivity index (χ0) is 24.9. The maximum absolute atomic E-state index is 13.3. The molecule has 0 radical (unpaired) electrons. The molecule has 1 fully saturated rings. The fraction of sp³-hybridized carbons (Fsp3) is 0.345. The first-order valence-electron chi connectivity index (χ1n) is 12.2. The first kappa shape index (κ1) is 24.5. The minimum atomic E-state index is -0.610. The Morgan fingerprint density at radius 2 is 1.66 bits per heavy atom. The number of phenols is 1. The summed E-state index contributed by atoms with van der Waals surface area (Å²) in [6.07, 6.45) is 2.77. The Morgan fingerprint density at radius 3 is 2.34 bits per heavy atom. The van der Waals surface area contributed by atoms with Crippen molar-refractivity contribution in [2.45, 2.75) is 46.1 Å². The van der Waals surface area contributed by atoms with Gasteiger partial charge in [-0.1, -0.05) is 81.8 Å². The van der Waals surface area contributed by atoms with Crippen molar-refractivity contribution < 1.29 is 19.4 Å². The molecule has 35 heavy (non-hydrogen) atoms. The summed E-state index contributed by atoms with van der Waals surface area (Å²) in [5.41, 5.74) is 3.10. The third-order valence-corrected chi connectivity index (χ3v) is 6.84. The highest BCUT2D eigenvalue weighted by Crippen LogP contribution is 2.35. The van der Waals surface area contributed by atoms with E-state index in [9.17, 15) is 14.7 Å². The predicted molar refractivity (Wildman–Crippen MR) is 137 cm³/mol. The SMILES string of the molecule is CC(C)[C@H]1CC[C@@H](C)C[C@@H]1OC(=O)C(=NNC(=O)c1cc2ccccc2cc1O)c1ccccc1. The summed E-state index contributed by atoms with van der Waals surface area (Å²) in [4.78, 5) is 26.2. The molecule has 182 valence electrons. The van der Waals surface area contributed by atoms with Crippen molar-refractivity contribution in [2.24, 2.45) is 22.9 Å². The van der Waals surface area contributed by atoms with Gasteiger partial charge in [0, 0.05) is 5.56 Å². The van der Waals surface area contributed by atoms with Crippen LogP contribution in [0, 0.1) is 17.8 Å². The summed E-state index contributed by atoms with van der Waals surface area (Å²) in [5, 5.41) is 16.2. The van der Waals surface area contributed by atoms with Gasteiger partial charge in [0.15, 0.2) is 5.71 Å². The second-order valence-electron chi connectivity index (χ2n) is 9.75. The highest BCUT2D eigenvalue weighted by atomic mass is 16.5. The lowest BCUT2D eigenvalue weighted by Crippen LogP contribution is -2.38. The molecule has 1 aliphatic carbocycles. The van der Waals surface area contributed by atoms with Gasteiger partial charge in [0.25, 0.3) is 5.91 Å². The second kappa shape index (κ2) is 10.7. The van der Waals surface area contributed by atoms with E-state index in [-0.39, 0.29) is 29.0 Å². The first-order chi connectivity index (χ1) is 16.8. The molecule has 0 aliphatic heterocycles. The molecule has 0 aromatic heterocycles. The lowest BCUT2D eigenvalue weighted by atomic mass is 9.75. The normalized spacial score (nSPS) is 20.6. The summed E-state index contributed by atoms with van der Waals surface area (Å²) in [5.74, 6) is -0.166. The van der Waals surface area contributed by atoms with Crippen LogP contribution >= 0.6 is 0 Å². The Hall–Kier alpha value is -3.67. The molecule has 3 aromatic rings. The van der Waals surface area contributed by atoms with Crippen LogP contribution in [0.3, 0.4) is 0 Å². The van der Waals surface area contributed by atoms with E-state index < -0.39 is 11.9 Å². The molecule has 6 nitrogen and oxygen atoms in total. The van der Waals surface area contributed by atoms with Crippen molar-refractivity contribution in [3.63, 3.8) is 0 Å². The van der Waals surface area contributed by atoms with Gasteiger partial charge in [0.05, 0.1) is 5.56 Å². The minimum absolute atomic E-state index is 0.0277. The summed E-state index contributed by atoms with van der Waals surface area (Å²) >= 11 is 0. The van der Waals surface area contributed by atoms with Crippen molar-refractivity contribution in [3.8, 4) is 5.75 Å². The number of esters is 1. The number of amides is 1. The molecule has 0 heterocycles. The first-order valence-corrected chi connectivity index (χ1v) is 12.2. The van der Waals surface area contributed by atoms with E-state index in [0.717, 1.165) is 30.0 Å². The molecule has 3 atom stereocenters. The molecule has 1 saturated carbocycles. The van der Waals surface area contributed by atoms with Gasteiger partial charge in [-0.3, -0.25) is 4.79 Å². The van der Waals surface area contributed by atoms with Gasteiger partial charge in [-0.2, -0.15) is 5.10 Å². The Morgan fingerprint density at radius 1 is 1.00 bits per heavy atom. The average Bonchev–Trinajstić information content (AvgIpc) is 2.84. The maximum Gasteiger partial charge on any atom is 0.359 e. The van der Waals surface area contributed by atoms with Crippen molar-refractivity contribution in [3.05, 3.63) is 77.9 Å². The molecule has 0 spiro atoms. The molecule has 0 bridgehead atoms. The van der Waals surface area contributed by atoms with Crippen molar-refractivity contribution in [1.29, 1.82) is 0 Å². The van der Waals surface area contributed by atoms with E-state index >= 15 is 0 Å². The average molecular weight is 473 g/mol. The number of nitrogens with zero attached hydrogens (tertiary/aromatic N) is 1. The monoisotopic (exact) mass is 472 g/mol. The summed E-state index contributed by atoms with van der Waals surface area (Å²) in [6, 6.07) is 19.5. The van der Waals surface area contributed by atoms with Crippen LogP contribution in [0.4, 0.5) is 0 Å². The number of hydrazone groups is 1. The molecule has 0 saturated heterocycles. The van der Waals surface area contributed by atoms with Crippen LogP contribution in [0.25, 0.3) is 10.8 Å². The number of hydrogen-bond acceptors (Lipinski definition) is 5. The number of hydrogen-bond donors (Lipinski definition) is 2. The van der Waals surface area contributed by atoms with E-state index in [4.69, 9.17) is 4.74 Å². The number of carbonyl (C=O) groups excluding carboxylic acids is 2. The van der Waals surface area contributed by atoms with Gasteiger partial charge < -0.3 is 9.84 Å². The Balaban J connectivity index is 1.59. The molecule has 1 aliphatic rings. The fourth-order valence-electron chi connectivity index (χ4n) is 4.84. The molecular weight excluding hydrogens is 440 g/mol. The Kier molecular flexibility index (Phi) is 7.49. The number of phenolic OH excluding ortho intramolecular Hbond substituents is 1. The number of nitrogens with one attached hydrogen (secondary N) is 1. The molecule has 2 N–H and O–H groups in total. The van der Waals surface area contributed by atoms with Crippen LogP contribution in [0.1, 0.15) is 56.0 Å².